The van der Waals surface area contributed by atoms with Crippen molar-refractivity contribution in [1.82, 2.24) is 10.0 Å². The second-order valence-electron chi connectivity index (χ2n) is 2.25. The van der Waals surface area contributed by atoms with Gasteiger partial charge in [0.2, 0.25) is 0 Å². The molecule has 0 unspecified atom stereocenters. The predicted molar refractivity (Wildman–Crippen MR) is 38.1 cm³/mol. The molecule has 0 saturated carbocycles. The first kappa shape index (κ1) is 9.17. The molecule has 1 aromatic heterocycles. The fourth-order valence-corrected chi connectivity index (χ4v) is 1.84. The summed E-state index contributed by atoms with van der Waals surface area (Å²) in [5, 5.41) is 11.7. The third-order valence-corrected chi connectivity index (χ3v) is 2.72. The molecule has 12 heavy (non-hydrogen) atoms. The summed E-state index contributed by atoms with van der Waals surface area (Å²) in [6, 6.07) is 0. The molecule has 0 aromatic carbocycles. The SMILES string of the molecule is Cc1noc(C)c1S(=O)(=O)NO. The van der Waals surface area contributed by atoms with Crippen LogP contribution in [-0.2, 0) is 10.0 Å². The zero-order valence-electron chi connectivity index (χ0n) is 6.53. The fourth-order valence-electron chi connectivity index (χ4n) is 0.904. The molecule has 1 rings (SSSR count). The largest absolute Gasteiger partial charge is 0.360 e. The summed E-state index contributed by atoms with van der Waals surface area (Å²) in [4.78, 5) is 1.08. The molecule has 0 amide bonds. The number of aromatic nitrogens is 1. The first-order valence-corrected chi connectivity index (χ1v) is 4.56. The summed E-state index contributed by atoms with van der Waals surface area (Å²) in [5.41, 5.74) is 0.217. The van der Waals surface area contributed by atoms with Crippen LogP contribution in [0.3, 0.4) is 0 Å². The maximum absolute atomic E-state index is 11.0. The minimum Gasteiger partial charge on any atom is -0.360 e. The van der Waals surface area contributed by atoms with E-state index in [0.717, 1.165) is 0 Å². The molecule has 1 heterocycles. The van der Waals surface area contributed by atoms with Gasteiger partial charge in [-0.3, -0.25) is 0 Å². The number of aryl methyl sites for hydroxylation is 2. The van der Waals surface area contributed by atoms with Crippen LogP contribution in [0.1, 0.15) is 11.5 Å². The van der Waals surface area contributed by atoms with Gasteiger partial charge in [0.1, 0.15) is 10.6 Å². The van der Waals surface area contributed by atoms with Crippen LogP contribution in [0.2, 0.25) is 0 Å². The van der Waals surface area contributed by atoms with Gasteiger partial charge in [0.15, 0.2) is 5.76 Å². The zero-order chi connectivity index (χ0) is 9.35. The van der Waals surface area contributed by atoms with Gasteiger partial charge in [-0.05, 0) is 13.8 Å². The van der Waals surface area contributed by atoms with Gasteiger partial charge in [0, 0.05) is 0 Å². The number of nitrogens with one attached hydrogen (secondary N) is 1. The monoisotopic (exact) mass is 192 g/mol. The van der Waals surface area contributed by atoms with Crippen molar-refractivity contribution in [3.8, 4) is 0 Å². The molecule has 0 radical (unpaired) electrons. The van der Waals surface area contributed by atoms with Crippen molar-refractivity contribution in [2.24, 2.45) is 0 Å². The normalized spacial score (nSPS) is 11.9. The van der Waals surface area contributed by atoms with Gasteiger partial charge in [0.05, 0.1) is 0 Å². The summed E-state index contributed by atoms with van der Waals surface area (Å²) in [7, 11) is -3.87. The Labute approximate surface area is 69.2 Å². The number of hydrogen-bond donors (Lipinski definition) is 2. The van der Waals surface area contributed by atoms with E-state index < -0.39 is 10.0 Å². The maximum Gasteiger partial charge on any atom is 0.267 e. The van der Waals surface area contributed by atoms with Crippen LogP contribution in [0.25, 0.3) is 0 Å². The van der Waals surface area contributed by atoms with Gasteiger partial charge in [-0.25, -0.2) is 8.42 Å². The third kappa shape index (κ3) is 1.33. The number of hydrogen-bond acceptors (Lipinski definition) is 5. The van der Waals surface area contributed by atoms with Crippen molar-refractivity contribution < 1.29 is 18.1 Å². The van der Waals surface area contributed by atoms with Crippen LogP contribution in [0.5, 0.6) is 0 Å². The van der Waals surface area contributed by atoms with E-state index in [9.17, 15) is 8.42 Å². The predicted octanol–water partition coefficient (Wildman–Crippen LogP) is -0.0411. The lowest BCUT2D eigenvalue weighted by atomic mass is 10.4. The Morgan fingerprint density at radius 2 is 2.08 bits per heavy atom. The van der Waals surface area contributed by atoms with E-state index in [1.807, 2.05) is 0 Å². The molecule has 0 spiro atoms. The van der Waals surface area contributed by atoms with Gasteiger partial charge in [-0.15, -0.1) is 0 Å². The smallest absolute Gasteiger partial charge is 0.267 e. The molecule has 0 aliphatic heterocycles. The van der Waals surface area contributed by atoms with E-state index in [1.165, 1.54) is 18.7 Å². The quantitative estimate of drug-likeness (QED) is 0.641. The summed E-state index contributed by atoms with van der Waals surface area (Å²) < 4.78 is 26.7. The van der Waals surface area contributed by atoms with Crippen molar-refractivity contribution in [2.75, 3.05) is 0 Å². The van der Waals surface area contributed by atoms with Crippen LogP contribution in [0.4, 0.5) is 0 Å². The molecule has 1 aromatic rings. The Morgan fingerprint density at radius 1 is 1.50 bits per heavy atom. The van der Waals surface area contributed by atoms with Crippen molar-refractivity contribution in [3.05, 3.63) is 11.5 Å². The minimum atomic E-state index is -3.87. The second-order valence-corrected chi connectivity index (χ2v) is 3.85. The highest BCUT2D eigenvalue weighted by atomic mass is 32.2. The fraction of sp³-hybridized carbons (Fsp3) is 0.400. The van der Waals surface area contributed by atoms with Gasteiger partial charge >= 0.3 is 0 Å². The van der Waals surface area contributed by atoms with E-state index in [0.29, 0.717) is 0 Å². The number of sulfonamides is 1. The molecule has 6 nitrogen and oxygen atoms in total. The molecular weight excluding hydrogens is 184 g/mol. The average molecular weight is 192 g/mol. The first-order chi connectivity index (χ1) is 5.49. The standard InChI is InChI=1S/C5H8N2O4S/c1-3-5(4(2)11-6-3)12(9,10)7-8/h7-8H,1-2H3. The van der Waals surface area contributed by atoms with Crippen molar-refractivity contribution in [3.63, 3.8) is 0 Å². The molecule has 68 valence electrons. The van der Waals surface area contributed by atoms with Crippen molar-refractivity contribution >= 4 is 10.0 Å². The Bertz CT molecular complexity index is 361. The van der Waals surface area contributed by atoms with E-state index >= 15 is 0 Å². The molecule has 2 N–H and O–H groups in total. The Morgan fingerprint density at radius 3 is 2.42 bits per heavy atom. The molecule has 0 fully saturated rings. The van der Waals surface area contributed by atoms with Gasteiger partial charge in [0.25, 0.3) is 10.0 Å². The summed E-state index contributed by atoms with van der Waals surface area (Å²) >= 11 is 0. The summed E-state index contributed by atoms with van der Waals surface area (Å²) in [5.74, 6) is 0.147. The molecule has 0 bridgehead atoms. The van der Waals surface area contributed by atoms with E-state index in [-0.39, 0.29) is 16.3 Å². The lowest BCUT2D eigenvalue weighted by Gasteiger charge is -1.97. The van der Waals surface area contributed by atoms with Crippen molar-refractivity contribution in [2.45, 2.75) is 18.7 Å². The minimum absolute atomic E-state index is 0.120. The average Bonchev–Trinajstić information content (AvgIpc) is 2.31. The molecular formula is C5H8N2O4S. The Kier molecular flexibility index (Phi) is 2.18. The van der Waals surface area contributed by atoms with Crippen LogP contribution in [0.15, 0.2) is 9.42 Å². The summed E-state index contributed by atoms with van der Waals surface area (Å²) in [6.07, 6.45) is 0. The molecule has 7 heteroatoms. The Balaban J connectivity index is 3.37. The topological polar surface area (TPSA) is 92.4 Å². The zero-order valence-corrected chi connectivity index (χ0v) is 7.34. The van der Waals surface area contributed by atoms with Gasteiger partial charge in [-0.1, -0.05) is 10.0 Å². The van der Waals surface area contributed by atoms with Crippen molar-refractivity contribution in [1.29, 1.82) is 0 Å². The van der Waals surface area contributed by atoms with Gasteiger partial charge < -0.3 is 9.73 Å². The van der Waals surface area contributed by atoms with E-state index in [4.69, 9.17) is 5.21 Å². The first-order valence-electron chi connectivity index (χ1n) is 3.08. The number of nitrogens with zero attached hydrogens (tertiary/aromatic N) is 1. The molecule has 0 aliphatic carbocycles. The second kappa shape index (κ2) is 2.85. The molecule has 0 aliphatic rings. The maximum atomic E-state index is 11.0. The highest BCUT2D eigenvalue weighted by Crippen LogP contribution is 2.17. The highest BCUT2D eigenvalue weighted by molar-refractivity contribution is 7.89. The van der Waals surface area contributed by atoms with Crippen LogP contribution in [0, 0.1) is 13.8 Å². The van der Waals surface area contributed by atoms with Crippen LogP contribution < -0.4 is 4.89 Å². The molecule has 0 saturated heterocycles. The van der Waals surface area contributed by atoms with E-state index in [2.05, 4.69) is 9.68 Å². The van der Waals surface area contributed by atoms with E-state index in [1.54, 1.807) is 0 Å². The molecule has 0 atom stereocenters. The lowest BCUT2D eigenvalue weighted by Crippen LogP contribution is -2.20. The van der Waals surface area contributed by atoms with Crippen LogP contribution in [-0.4, -0.2) is 18.8 Å². The number of rotatable bonds is 2. The Hall–Kier alpha value is -0.920. The highest BCUT2D eigenvalue weighted by Gasteiger charge is 2.22. The summed E-state index contributed by atoms with van der Waals surface area (Å²) in [6.45, 7) is 2.92. The third-order valence-electron chi connectivity index (χ3n) is 1.36. The van der Waals surface area contributed by atoms with Gasteiger partial charge in [-0.2, -0.15) is 0 Å². The van der Waals surface area contributed by atoms with Crippen LogP contribution >= 0.6 is 0 Å². The lowest BCUT2D eigenvalue weighted by molar-refractivity contribution is 0.242.